The van der Waals surface area contributed by atoms with E-state index in [2.05, 4.69) is 20.2 Å². The van der Waals surface area contributed by atoms with Crippen LogP contribution in [0.2, 0.25) is 0 Å². The van der Waals surface area contributed by atoms with Crippen LogP contribution in [0.1, 0.15) is 5.56 Å². The lowest BCUT2D eigenvalue weighted by molar-refractivity contribution is 0.292. The summed E-state index contributed by atoms with van der Waals surface area (Å²) in [5.41, 5.74) is 0.768. The fraction of sp³-hybridized carbons (Fsp3) is 0.333. The van der Waals surface area contributed by atoms with Crippen molar-refractivity contribution in [2.45, 2.75) is 6.61 Å². The zero-order valence-corrected chi connectivity index (χ0v) is 11.6. The molecule has 2 heterocycles. The van der Waals surface area contributed by atoms with Gasteiger partial charge in [0.1, 0.15) is 12.4 Å². The molecule has 2 aromatic rings. The topological polar surface area (TPSA) is 50.3 Å². The maximum absolute atomic E-state index is 13.1. The Labute approximate surface area is 122 Å². The first-order valence-electron chi connectivity index (χ1n) is 6.96. The number of halogens is 1. The van der Waals surface area contributed by atoms with Gasteiger partial charge < -0.3 is 15.0 Å². The van der Waals surface area contributed by atoms with Crippen LogP contribution in [-0.2, 0) is 6.61 Å². The summed E-state index contributed by atoms with van der Waals surface area (Å²) in [6.07, 6.45) is 3.31. The second-order valence-electron chi connectivity index (χ2n) is 4.87. The number of nitrogens with zero attached hydrogens (tertiary/aromatic N) is 3. The number of rotatable bonds is 4. The van der Waals surface area contributed by atoms with Crippen molar-refractivity contribution >= 4 is 5.82 Å². The molecule has 3 rings (SSSR count). The van der Waals surface area contributed by atoms with Crippen molar-refractivity contribution in [2.24, 2.45) is 0 Å². The minimum absolute atomic E-state index is 0.267. The Hall–Kier alpha value is -2.21. The van der Waals surface area contributed by atoms with E-state index in [1.165, 1.54) is 12.1 Å². The zero-order chi connectivity index (χ0) is 14.5. The highest BCUT2D eigenvalue weighted by Crippen LogP contribution is 2.15. The summed E-state index contributed by atoms with van der Waals surface area (Å²) in [6, 6.07) is 6.34. The average Bonchev–Trinajstić information content (AvgIpc) is 2.54. The molecule has 6 heteroatoms. The van der Waals surface area contributed by atoms with Crippen LogP contribution in [0.3, 0.4) is 0 Å². The van der Waals surface area contributed by atoms with Gasteiger partial charge in [-0.05, 0) is 17.7 Å². The normalized spacial score (nSPS) is 15.0. The van der Waals surface area contributed by atoms with Crippen molar-refractivity contribution in [3.8, 4) is 5.88 Å². The summed E-state index contributed by atoms with van der Waals surface area (Å²) >= 11 is 0. The molecule has 0 atom stereocenters. The van der Waals surface area contributed by atoms with Gasteiger partial charge in [0, 0.05) is 26.2 Å². The number of hydrogen-bond acceptors (Lipinski definition) is 5. The fourth-order valence-corrected chi connectivity index (χ4v) is 2.24. The Morgan fingerprint density at radius 1 is 1.24 bits per heavy atom. The minimum Gasteiger partial charge on any atom is -0.472 e. The van der Waals surface area contributed by atoms with Gasteiger partial charge in [0.15, 0.2) is 5.82 Å². The van der Waals surface area contributed by atoms with Gasteiger partial charge in [-0.25, -0.2) is 4.39 Å². The second-order valence-corrected chi connectivity index (χ2v) is 4.87. The van der Waals surface area contributed by atoms with Crippen LogP contribution >= 0.6 is 0 Å². The largest absolute Gasteiger partial charge is 0.472 e. The van der Waals surface area contributed by atoms with Gasteiger partial charge in [0.25, 0.3) is 0 Å². The number of ether oxygens (including phenoxy) is 1. The third-order valence-corrected chi connectivity index (χ3v) is 3.32. The molecule has 5 nitrogen and oxygen atoms in total. The van der Waals surface area contributed by atoms with E-state index in [1.807, 2.05) is 6.07 Å². The minimum atomic E-state index is -0.267. The summed E-state index contributed by atoms with van der Waals surface area (Å²) in [4.78, 5) is 10.8. The third-order valence-electron chi connectivity index (χ3n) is 3.32. The van der Waals surface area contributed by atoms with Gasteiger partial charge in [-0.3, -0.25) is 4.98 Å². The number of hydrogen-bond donors (Lipinski definition) is 1. The van der Waals surface area contributed by atoms with Gasteiger partial charge in [-0.1, -0.05) is 12.1 Å². The van der Waals surface area contributed by atoms with Crippen molar-refractivity contribution < 1.29 is 9.13 Å². The number of nitrogens with one attached hydrogen (secondary N) is 1. The first kappa shape index (κ1) is 13.8. The Kier molecular flexibility index (Phi) is 4.25. The highest BCUT2D eigenvalue weighted by Gasteiger charge is 2.12. The van der Waals surface area contributed by atoms with Crippen molar-refractivity contribution in [1.29, 1.82) is 0 Å². The molecule has 0 aliphatic carbocycles. The van der Waals surface area contributed by atoms with E-state index in [-0.39, 0.29) is 12.4 Å². The molecular formula is C15H17FN4O. The SMILES string of the molecule is Fc1cccc(COc2cncc(N3CCNCC3)n2)c1. The van der Waals surface area contributed by atoms with Crippen LogP contribution in [0.25, 0.3) is 0 Å². The van der Waals surface area contributed by atoms with Crippen LogP contribution in [-0.4, -0.2) is 36.1 Å². The van der Waals surface area contributed by atoms with Crippen molar-refractivity contribution in [2.75, 3.05) is 31.1 Å². The average molecular weight is 288 g/mol. The Morgan fingerprint density at radius 3 is 2.90 bits per heavy atom. The molecule has 1 N–H and O–H groups in total. The van der Waals surface area contributed by atoms with E-state index in [1.54, 1.807) is 18.5 Å². The highest BCUT2D eigenvalue weighted by molar-refractivity contribution is 5.38. The predicted molar refractivity (Wildman–Crippen MR) is 77.8 cm³/mol. The predicted octanol–water partition coefficient (Wildman–Crippen LogP) is 1.60. The smallest absolute Gasteiger partial charge is 0.234 e. The lowest BCUT2D eigenvalue weighted by Gasteiger charge is -2.28. The van der Waals surface area contributed by atoms with Crippen LogP contribution in [0.15, 0.2) is 36.7 Å². The van der Waals surface area contributed by atoms with Crippen molar-refractivity contribution in [1.82, 2.24) is 15.3 Å². The van der Waals surface area contributed by atoms with Gasteiger partial charge in [-0.15, -0.1) is 0 Å². The third kappa shape index (κ3) is 3.66. The standard InChI is InChI=1S/C15H17FN4O/c16-13-3-1-2-12(8-13)11-21-15-10-18-9-14(19-15)20-6-4-17-5-7-20/h1-3,8-10,17H,4-7,11H2. The molecule has 1 aliphatic heterocycles. The second kappa shape index (κ2) is 6.49. The summed E-state index contributed by atoms with van der Waals surface area (Å²) in [5.74, 6) is 1.00. The number of aromatic nitrogens is 2. The summed E-state index contributed by atoms with van der Waals surface area (Å²) in [7, 11) is 0. The van der Waals surface area contributed by atoms with Crippen molar-refractivity contribution in [3.05, 3.63) is 48.0 Å². The molecule has 110 valence electrons. The molecule has 0 saturated carbocycles. The molecule has 0 radical (unpaired) electrons. The number of piperazine rings is 1. The van der Waals surface area contributed by atoms with Gasteiger partial charge in [-0.2, -0.15) is 4.98 Å². The highest BCUT2D eigenvalue weighted by atomic mass is 19.1. The zero-order valence-electron chi connectivity index (χ0n) is 11.6. The molecule has 1 aliphatic rings. The molecule has 1 aromatic heterocycles. The van der Waals surface area contributed by atoms with Gasteiger partial charge >= 0.3 is 0 Å². The van der Waals surface area contributed by atoms with E-state index < -0.39 is 0 Å². The van der Waals surface area contributed by atoms with Gasteiger partial charge in [0.2, 0.25) is 5.88 Å². The van der Waals surface area contributed by atoms with Crippen LogP contribution in [0, 0.1) is 5.82 Å². The quantitative estimate of drug-likeness (QED) is 0.926. The molecule has 1 saturated heterocycles. The molecule has 21 heavy (non-hydrogen) atoms. The van der Waals surface area contributed by atoms with Crippen LogP contribution in [0.4, 0.5) is 10.2 Å². The summed E-state index contributed by atoms with van der Waals surface area (Å²) in [6.45, 7) is 3.97. The summed E-state index contributed by atoms with van der Waals surface area (Å²) in [5, 5.41) is 3.29. The van der Waals surface area contributed by atoms with Crippen LogP contribution in [0.5, 0.6) is 5.88 Å². The van der Waals surface area contributed by atoms with E-state index in [0.29, 0.717) is 5.88 Å². The molecule has 0 bridgehead atoms. The molecule has 0 amide bonds. The maximum Gasteiger partial charge on any atom is 0.234 e. The molecule has 1 fully saturated rings. The Bertz CT molecular complexity index is 602. The van der Waals surface area contributed by atoms with Gasteiger partial charge in [0.05, 0.1) is 12.4 Å². The molecule has 1 aromatic carbocycles. The Balaban J connectivity index is 1.65. The lowest BCUT2D eigenvalue weighted by Crippen LogP contribution is -2.43. The van der Waals surface area contributed by atoms with E-state index >= 15 is 0 Å². The van der Waals surface area contributed by atoms with E-state index in [9.17, 15) is 4.39 Å². The first-order chi connectivity index (χ1) is 10.3. The maximum atomic E-state index is 13.1. The summed E-state index contributed by atoms with van der Waals surface area (Å²) < 4.78 is 18.7. The number of anilines is 1. The Morgan fingerprint density at radius 2 is 2.10 bits per heavy atom. The van der Waals surface area contributed by atoms with E-state index in [0.717, 1.165) is 37.6 Å². The van der Waals surface area contributed by atoms with Crippen molar-refractivity contribution in [3.63, 3.8) is 0 Å². The monoisotopic (exact) mass is 288 g/mol. The fourth-order valence-electron chi connectivity index (χ4n) is 2.24. The van der Waals surface area contributed by atoms with E-state index in [4.69, 9.17) is 4.74 Å². The molecule has 0 unspecified atom stereocenters. The first-order valence-corrected chi connectivity index (χ1v) is 6.96. The number of benzene rings is 1. The van der Waals surface area contributed by atoms with Crippen LogP contribution < -0.4 is 15.0 Å². The lowest BCUT2D eigenvalue weighted by atomic mass is 10.2. The molecule has 0 spiro atoms. The molecular weight excluding hydrogens is 271 g/mol.